The number of aryl methyl sites for hydroxylation is 1. The molecule has 0 radical (unpaired) electrons. The molecule has 5 rings (SSSR count). The van der Waals surface area contributed by atoms with Gasteiger partial charge in [-0.1, -0.05) is 13.8 Å². The molecule has 0 atom stereocenters. The molecule has 9 nitrogen and oxygen atoms in total. The van der Waals surface area contributed by atoms with Gasteiger partial charge < -0.3 is 14.6 Å². The number of ether oxygens (including phenoxy) is 1. The van der Waals surface area contributed by atoms with Gasteiger partial charge in [-0.05, 0) is 86.0 Å². The van der Waals surface area contributed by atoms with Crippen LogP contribution in [0.5, 0.6) is 5.75 Å². The zero-order valence-electron chi connectivity index (χ0n) is 23.9. The molecule has 1 saturated heterocycles. The standard InChI is InChI=1S/C31H39N5O4S/c1-22(2)21-40-30-10-8-26(41(38,39)34-19-23-5-6-23)17-28(30)31(37)36-14-12-35(13-15-36)11-3-4-25-20-33-29-9-7-24(18-32)16-27(25)29/h7-10,16-17,20,22-23,33-34H,3-6,11-15,19,21H2,1-2H3. The van der Waals surface area contributed by atoms with Gasteiger partial charge in [0.2, 0.25) is 10.0 Å². The highest BCUT2D eigenvalue weighted by Crippen LogP contribution is 2.29. The quantitative estimate of drug-likeness (QED) is 0.334. The largest absolute Gasteiger partial charge is 0.492 e. The SMILES string of the molecule is CC(C)COc1ccc(S(=O)(=O)NCC2CC2)cc1C(=O)N1CCN(CCCc2c[nH]c3ccc(C#N)cc23)CC1. The second kappa shape index (κ2) is 12.6. The minimum absolute atomic E-state index is 0.0937. The van der Waals surface area contributed by atoms with Gasteiger partial charge in [0.15, 0.2) is 0 Å². The minimum atomic E-state index is -3.71. The number of rotatable bonds is 12. The molecular weight excluding hydrogens is 538 g/mol. The van der Waals surface area contributed by atoms with Crippen LogP contribution in [-0.4, -0.2) is 75.0 Å². The summed E-state index contributed by atoms with van der Waals surface area (Å²) in [5.74, 6) is 0.901. The maximum absolute atomic E-state index is 13.7. The minimum Gasteiger partial charge on any atom is -0.492 e. The van der Waals surface area contributed by atoms with Crippen molar-refractivity contribution in [2.24, 2.45) is 11.8 Å². The van der Waals surface area contributed by atoms with E-state index >= 15 is 0 Å². The van der Waals surface area contributed by atoms with Gasteiger partial charge in [-0.3, -0.25) is 9.69 Å². The van der Waals surface area contributed by atoms with Gasteiger partial charge in [0.1, 0.15) is 5.75 Å². The van der Waals surface area contributed by atoms with E-state index in [2.05, 4.69) is 20.7 Å². The van der Waals surface area contributed by atoms with Crippen LogP contribution in [0.4, 0.5) is 0 Å². The molecule has 10 heteroatoms. The van der Waals surface area contributed by atoms with Crippen LogP contribution >= 0.6 is 0 Å². The predicted octanol–water partition coefficient (Wildman–Crippen LogP) is 4.15. The molecule has 0 spiro atoms. The maximum atomic E-state index is 13.7. The van der Waals surface area contributed by atoms with Crippen molar-refractivity contribution in [2.75, 3.05) is 45.9 Å². The van der Waals surface area contributed by atoms with Crippen LogP contribution in [0.15, 0.2) is 47.5 Å². The number of nitrogens with one attached hydrogen (secondary N) is 2. The number of nitriles is 1. The maximum Gasteiger partial charge on any atom is 0.257 e. The van der Waals surface area contributed by atoms with Crippen LogP contribution in [0.1, 0.15) is 54.6 Å². The van der Waals surface area contributed by atoms with E-state index in [0.29, 0.717) is 49.0 Å². The molecule has 41 heavy (non-hydrogen) atoms. The van der Waals surface area contributed by atoms with Gasteiger partial charge in [0.05, 0.1) is 28.7 Å². The average molecular weight is 578 g/mol. The first kappa shape index (κ1) is 29.1. The fraction of sp³-hybridized carbons (Fsp3) is 0.484. The number of H-pyrrole nitrogens is 1. The molecule has 1 aromatic heterocycles. The number of amides is 1. The van der Waals surface area contributed by atoms with E-state index in [0.717, 1.165) is 56.2 Å². The smallest absolute Gasteiger partial charge is 0.257 e. The Bertz CT molecular complexity index is 1530. The first-order valence-corrected chi connectivity index (χ1v) is 16.0. The van der Waals surface area contributed by atoms with Crippen LogP contribution in [0.25, 0.3) is 10.9 Å². The summed E-state index contributed by atoms with van der Waals surface area (Å²) in [5.41, 5.74) is 3.21. The van der Waals surface area contributed by atoms with Gasteiger partial charge in [-0.2, -0.15) is 5.26 Å². The van der Waals surface area contributed by atoms with Crippen LogP contribution < -0.4 is 9.46 Å². The van der Waals surface area contributed by atoms with Gasteiger partial charge in [-0.15, -0.1) is 0 Å². The number of aromatic amines is 1. The number of nitrogens with zero attached hydrogens (tertiary/aromatic N) is 3. The molecule has 1 saturated carbocycles. The van der Waals surface area contributed by atoms with E-state index in [1.807, 2.05) is 38.2 Å². The summed E-state index contributed by atoms with van der Waals surface area (Å²) in [6, 6.07) is 12.5. The number of sulfonamides is 1. The molecule has 0 bridgehead atoms. The van der Waals surface area contributed by atoms with Crippen LogP contribution in [0.3, 0.4) is 0 Å². The van der Waals surface area contributed by atoms with E-state index in [-0.39, 0.29) is 16.7 Å². The third-order valence-electron chi connectivity index (χ3n) is 7.80. The summed E-state index contributed by atoms with van der Waals surface area (Å²) in [5, 5.41) is 10.3. The Kier molecular flexibility index (Phi) is 8.97. The van der Waals surface area contributed by atoms with Crippen molar-refractivity contribution < 1.29 is 17.9 Å². The van der Waals surface area contributed by atoms with Gasteiger partial charge in [0, 0.05) is 49.8 Å². The number of carbonyl (C=O) groups excluding carboxylic acids is 1. The summed E-state index contributed by atoms with van der Waals surface area (Å²) in [4.78, 5) is 21.2. The van der Waals surface area contributed by atoms with E-state index in [9.17, 15) is 18.5 Å². The lowest BCUT2D eigenvalue weighted by molar-refractivity contribution is 0.0631. The number of aromatic nitrogens is 1. The average Bonchev–Trinajstić information content (AvgIpc) is 3.73. The lowest BCUT2D eigenvalue weighted by Crippen LogP contribution is -2.49. The van der Waals surface area contributed by atoms with E-state index in [1.54, 1.807) is 11.0 Å². The first-order valence-electron chi connectivity index (χ1n) is 14.5. The van der Waals surface area contributed by atoms with Crippen molar-refractivity contribution in [2.45, 2.75) is 44.4 Å². The molecule has 2 aliphatic rings. The molecule has 2 aromatic carbocycles. The van der Waals surface area contributed by atoms with E-state index in [4.69, 9.17) is 4.74 Å². The van der Waals surface area contributed by atoms with Gasteiger partial charge >= 0.3 is 0 Å². The number of piperazine rings is 1. The van der Waals surface area contributed by atoms with Crippen molar-refractivity contribution in [1.82, 2.24) is 19.5 Å². The van der Waals surface area contributed by atoms with Crippen LogP contribution in [0, 0.1) is 23.2 Å². The molecule has 2 N–H and O–H groups in total. The van der Waals surface area contributed by atoms with Crippen LogP contribution in [0.2, 0.25) is 0 Å². The topological polar surface area (TPSA) is 119 Å². The lowest BCUT2D eigenvalue weighted by Gasteiger charge is -2.35. The normalized spacial score (nSPS) is 16.3. The van der Waals surface area contributed by atoms with Crippen molar-refractivity contribution in [3.05, 3.63) is 59.3 Å². The molecule has 2 heterocycles. The second-order valence-electron chi connectivity index (χ2n) is 11.6. The Balaban J connectivity index is 1.20. The summed E-state index contributed by atoms with van der Waals surface area (Å²) in [7, 11) is -3.71. The molecular formula is C31H39N5O4S. The summed E-state index contributed by atoms with van der Waals surface area (Å²) >= 11 is 0. The highest BCUT2D eigenvalue weighted by molar-refractivity contribution is 7.89. The monoisotopic (exact) mass is 577 g/mol. The van der Waals surface area contributed by atoms with Crippen molar-refractivity contribution in [3.63, 3.8) is 0 Å². The van der Waals surface area contributed by atoms with Crippen molar-refractivity contribution in [1.29, 1.82) is 5.26 Å². The molecule has 0 unspecified atom stereocenters. The van der Waals surface area contributed by atoms with Gasteiger partial charge in [-0.25, -0.2) is 13.1 Å². The number of hydrogen-bond acceptors (Lipinski definition) is 6. The number of fused-ring (bicyclic) bond motifs is 1. The van der Waals surface area contributed by atoms with Crippen LogP contribution in [-0.2, 0) is 16.4 Å². The molecule has 1 amide bonds. The zero-order chi connectivity index (χ0) is 29.0. The second-order valence-corrected chi connectivity index (χ2v) is 13.3. The Morgan fingerprint density at radius 2 is 1.93 bits per heavy atom. The summed E-state index contributed by atoms with van der Waals surface area (Å²) < 4.78 is 34.5. The number of hydrogen-bond donors (Lipinski definition) is 2. The summed E-state index contributed by atoms with van der Waals surface area (Å²) in [6.45, 7) is 8.48. The molecule has 1 aliphatic heterocycles. The number of benzene rings is 2. The molecule has 1 aliphatic carbocycles. The highest BCUT2D eigenvalue weighted by atomic mass is 32.2. The first-order chi connectivity index (χ1) is 19.7. The van der Waals surface area contributed by atoms with Gasteiger partial charge in [0.25, 0.3) is 5.91 Å². The predicted molar refractivity (Wildman–Crippen MR) is 158 cm³/mol. The third kappa shape index (κ3) is 7.28. The lowest BCUT2D eigenvalue weighted by atomic mass is 10.1. The van der Waals surface area contributed by atoms with Crippen molar-refractivity contribution >= 4 is 26.8 Å². The Hall–Kier alpha value is -3.39. The Labute approximate surface area is 242 Å². The Morgan fingerprint density at radius 3 is 2.63 bits per heavy atom. The summed E-state index contributed by atoms with van der Waals surface area (Å²) in [6.07, 6.45) is 6.00. The Morgan fingerprint density at radius 1 is 1.15 bits per heavy atom. The van der Waals surface area contributed by atoms with Crippen molar-refractivity contribution in [3.8, 4) is 11.8 Å². The zero-order valence-corrected chi connectivity index (χ0v) is 24.7. The fourth-order valence-corrected chi connectivity index (χ4v) is 6.29. The van der Waals surface area contributed by atoms with E-state index in [1.165, 1.54) is 17.7 Å². The number of carbonyl (C=O) groups is 1. The molecule has 218 valence electrons. The highest BCUT2D eigenvalue weighted by Gasteiger charge is 2.28. The third-order valence-corrected chi connectivity index (χ3v) is 9.22. The fourth-order valence-electron chi connectivity index (χ4n) is 5.15. The van der Waals surface area contributed by atoms with E-state index < -0.39 is 10.0 Å². The molecule has 3 aromatic rings. The molecule has 2 fully saturated rings.